The van der Waals surface area contributed by atoms with Crippen LogP contribution in [0.4, 0.5) is 5.69 Å². The topological polar surface area (TPSA) is 45.2 Å². The second-order valence-corrected chi connectivity index (χ2v) is 7.51. The standard InChI is InChI=1S/C22H20BrN3O/c23-19-8-3-6-17(13-19)22(27)25-15-21(18-7-4-11-24-14-18)26-12-10-16-5-1-2-9-20(16)26/h1-9,11,13-14,21H,10,12,15H2,(H,25,27)/t21-/m0/s1. The van der Waals surface area contributed by atoms with Crippen LogP contribution in [0.3, 0.4) is 0 Å². The van der Waals surface area contributed by atoms with Crippen molar-refractivity contribution in [2.45, 2.75) is 12.5 Å². The van der Waals surface area contributed by atoms with Gasteiger partial charge < -0.3 is 10.2 Å². The highest BCUT2D eigenvalue weighted by Crippen LogP contribution is 2.34. The number of carbonyl (C=O) groups excluding carboxylic acids is 1. The number of amides is 1. The smallest absolute Gasteiger partial charge is 0.251 e. The molecule has 1 atom stereocenters. The van der Waals surface area contributed by atoms with E-state index in [0.717, 1.165) is 23.0 Å². The minimum atomic E-state index is -0.0716. The van der Waals surface area contributed by atoms with Crippen molar-refractivity contribution in [2.24, 2.45) is 0 Å². The van der Waals surface area contributed by atoms with Gasteiger partial charge in [0.25, 0.3) is 5.91 Å². The molecular formula is C22H20BrN3O. The van der Waals surface area contributed by atoms with Crippen LogP contribution in [0, 0.1) is 0 Å². The van der Waals surface area contributed by atoms with Crippen LogP contribution >= 0.6 is 15.9 Å². The van der Waals surface area contributed by atoms with Crippen molar-refractivity contribution in [2.75, 3.05) is 18.0 Å². The van der Waals surface area contributed by atoms with E-state index in [0.29, 0.717) is 12.1 Å². The molecule has 27 heavy (non-hydrogen) atoms. The molecule has 4 nitrogen and oxygen atoms in total. The molecule has 0 fully saturated rings. The summed E-state index contributed by atoms with van der Waals surface area (Å²) in [5.41, 5.74) is 4.34. The van der Waals surface area contributed by atoms with E-state index in [2.05, 4.69) is 61.5 Å². The maximum atomic E-state index is 12.6. The molecule has 0 spiro atoms. The number of nitrogens with zero attached hydrogens (tertiary/aromatic N) is 2. The number of fused-ring (bicyclic) bond motifs is 1. The van der Waals surface area contributed by atoms with Crippen molar-refractivity contribution >= 4 is 27.5 Å². The van der Waals surface area contributed by atoms with Crippen LogP contribution in [-0.2, 0) is 6.42 Å². The van der Waals surface area contributed by atoms with E-state index in [9.17, 15) is 4.79 Å². The summed E-state index contributed by atoms with van der Waals surface area (Å²) in [5.74, 6) is -0.0716. The number of aromatic nitrogens is 1. The maximum Gasteiger partial charge on any atom is 0.251 e. The van der Waals surface area contributed by atoms with Crippen LogP contribution in [-0.4, -0.2) is 24.0 Å². The molecule has 0 unspecified atom stereocenters. The zero-order valence-corrected chi connectivity index (χ0v) is 16.4. The van der Waals surface area contributed by atoms with Gasteiger partial charge in [0, 0.05) is 41.2 Å². The molecule has 5 heteroatoms. The first-order valence-electron chi connectivity index (χ1n) is 9.00. The van der Waals surface area contributed by atoms with E-state index in [1.54, 1.807) is 6.20 Å². The number of hydrogen-bond donors (Lipinski definition) is 1. The number of pyridine rings is 1. The normalized spacial score (nSPS) is 13.9. The highest BCUT2D eigenvalue weighted by Gasteiger charge is 2.27. The molecule has 1 aromatic heterocycles. The lowest BCUT2D eigenvalue weighted by molar-refractivity contribution is 0.0951. The third kappa shape index (κ3) is 3.88. The molecule has 2 heterocycles. The number of hydrogen-bond acceptors (Lipinski definition) is 3. The SMILES string of the molecule is O=C(NC[C@@H](c1cccnc1)N1CCc2ccccc21)c1cccc(Br)c1. The number of halogens is 1. The number of rotatable bonds is 5. The molecule has 0 radical (unpaired) electrons. The van der Waals surface area contributed by atoms with Crippen molar-refractivity contribution < 1.29 is 4.79 Å². The van der Waals surface area contributed by atoms with Crippen molar-refractivity contribution in [3.63, 3.8) is 0 Å². The molecule has 0 bridgehead atoms. The predicted molar refractivity (Wildman–Crippen MR) is 111 cm³/mol. The van der Waals surface area contributed by atoms with Crippen LogP contribution in [0.25, 0.3) is 0 Å². The number of nitrogens with one attached hydrogen (secondary N) is 1. The van der Waals surface area contributed by atoms with Crippen LogP contribution in [0.2, 0.25) is 0 Å². The second-order valence-electron chi connectivity index (χ2n) is 6.59. The Bertz CT molecular complexity index is 945. The van der Waals surface area contributed by atoms with Gasteiger partial charge in [-0.05, 0) is 47.9 Å². The van der Waals surface area contributed by atoms with E-state index in [1.165, 1.54) is 11.3 Å². The maximum absolute atomic E-state index is 12.6. The summed E-state index contributed by atoms with van der Waals surface area (Å²) >= 11 is 3.42. The average Bonchev–Trinajstić information content (AvgIpc) is 3.13. The quantitative estimate of drug-likeness (QED) is 0.664. The van der Waals surface area contributed by atoms with Gasteiger partial charge in [-0.25, -0.2) is 0 Å². The molecule has 1 aliphatic heterocycles. The Morgan fingerprint density at radius 2 is 2.04 bits per heavy atom. The van der Waals surface area contributed by atoms with Crippen LogP contribution in [0.15, 0.2) is 77.5 Å². The Labute approximate surface area is 167 Å². The predicted octanol–water partition coefficient (Wildman–Crippen LogP) is 4.38. The summed E-state index contributed by atoms with van der Waals surface area (Å²) in [7, 11) is 0. The zero-order valence-electron chi connectivity index (χ0n) is 14.8. The number of carbonyl (C=O) groups is 1. The number of para-hydroxylation sites is 1. The van der Waals surface area contributed by atoms with Gasteiger partial charge in [-0.2, -0.15) is 0 Å². The Morgan fingerprint density at radius 1 is 1.15 bits per heavy atom. The third-order valence-electron chi connectivity index (χ3n) is 4.91. The number of benzene rings is 2. The average molecular weight is 422 g/mol. The van der Waals surface area contributed by atoms with Crippen molar-refractivity contribution in [1.29, 1.82) is 0 Å². The van der Waals surface area contributed by atoms with E-state index in [4.69, 9.17) is 0 Å². The monoisotopic (exact) mass is 421 g/mol. The highest BCUT2D eigenvalue weighted by molar-refractivity contribution is 9.10. The van der Waals surface area contributed by atoms with E-state index in [1.807, 2.05) is 36.5 Å². The lowest BCUT2D eigenvalue weighted by Gasteiger charge is -2.31. The molecule has 1 amide bonds. The molecule has 1 aliphatic rings. The summed E-state index contributed by atoms with van der Waals surface area (Å²) in [4.78, 5) is 19.3. The molecule has 0 saturated carbocycles. The molecule has 1 N–H and O–H groups in total. The van der Waals surface area contributed by atoms with Gasteiger partial charge in [-0.15, -0.1) is 0 Å². The molecule has 136 valence electrons. The molecule has 2 aromatic carbocycles. The molecule has 0 saturated heterocycles. The van der Waals surface area contributed by atoms with E-state index in [-0.39, 0.29) is 11.9 Å². The molecule has 4 rings (SSSR count). The summed E-state index contributed by atoms with van der Waals surface area (Å²) in [6, 6.07) is 20.0. The molecule has 3 aromatic rings. The summed E-state index contributed by atoms with van der Waals surface area (Å²) in [6.45, 7) is 1.46. The minimum Gasteiger partial charge on any atom is -0.362 e. The van der Waals surface area contributed by atoms with Gasteiger partial charge in [0.2, 0.25) is 0 Å². The fourth-order valence-electron chi connectivity index (χ4n) is 3.59. The largest absolute Gasteiger partial charge is 0.362 e. The fourth-order valence-corrected chi connectivity index (χ4v) is 3.99. The van der Waals surface area contributed by atoms with Crippen LogP contribution < -0.4 is 10.2 Å². The summed E-state index contributed by atoms with van der Waals surface area (Å²) < 4.78 is 0.896. The van der Waals surface area contributed by atoms with E-state index < -0.39 is 0 Å². The first-order chi connectivity index (χ1) is 13.2. The van der Waals surface area contributed by atoms with Gasteiger partial charge in [0.1, 0.15) is 0 Å². The van der Waals surface area contributed by atoms with Gasteiger partial charge in [0.15, 0.2) is 0 Å². The zero-order chi connectivity index (χ0) is 18.6. The third-order valence-corrected chi connectivity index (χ3v) is 5.40. The van der Waals surface area contributed by atoms with Gasteiger partial charge in [-0.3, -0.25) is 9.78 Å². The minimum absolute atomic E-state index is 0.0402. The van der Waals surface area contributed by atoms with Gasteiger partial charge in [0.05, 0.1) is 6.04 Å². The lowest BCUT2D eigenvalue weighted by atomic mass is 10.1. The van der Waals surface area contributed by atoms with Crippen LogP contribution in [0.1, 0.15) is 27.5 Å². The second kappa shape index (κ2) is 7.92. The highest BCUT2D eigenvalue weighted by atomic mass is 79.9. The lowest BCUT2D eigenvalue weighted by Crippen LogP contribution is -2.37. The Morgan fingerprint density at radius 3 is 2.85 bits per heavy atom. The Balaban J connectivity index is 1.57. The molecule has 0 aliphatic carbocycles. The number of anilines is 1. The van der Waals surface area contributed by atoms with Crippen molar-refractivity contribution in [3.05, 3.63) is 94.2 Å². The van der Waals surface area contributed by atoms with Crippen molar-refractivity contribution in [3.8, 4) is 0 Å². The first kappa shape index (κ1) is 17.7. The Hall–Kier alpha value is -2.66. The van der Waals surface area contributed by atoms with Gasteiger partial charge >= 0.3 is 0 Å². The molecular weight excluding hydrogens is 402 g/mol. The van der Waals surface area contributed by atoms with Crippen LogP contribution in [0.5, 0.6) is 0 Å². The first-order valence-corrected chi connectivity index (χ1v) is 9.80. The summed E-state index contributed by atoms with van der Waals surface area (Å²) in [5, 5.41) is 3.10. The van der Waals surface area contributed by atoms with E-state index >= 15 is 0 Å². The van der Waals surface area contributed by atoms with Crippen molar-refractivity contribution in [1.82, 2.24) is 10.3 Å². The fraction of sp³-hybridized carbons (Fsp3) is 0.182. The van der Waals surface area contributed by atoms with Gasteiger partial charge in [-0.1, -0.05) is 46.3 Å². The summed E-state index contributed by atoms with van der Waals surface area (Å²) in [6.07, 6.45) is 4.68. The Kier molecular flexibility index (Phi) is 5.21.